The molecule has 0 atom stereocenters. The Balaban J connectivity index is 2.39. The van der Waals surface area contributed by atoms with Gasteiger partial charge in [-0.3, -0.25) is 4.99 Å². The Hall–Kier alpha value is -1.25. The van der Waals surface area contributed by atoms with Crippen molar-refractivity contribution in [3.8, 4) is 0 Å². The molecule has 54 valence electrons. The Bertz CT molecular complexity index is 179. The topological polar surface area (TPSA) is 50.4 Å². The van der Waals surface area contributed by atoms with Gasteiger partial charge in [-0.05, 0) is 12.3 Å². The number of hydrogen-bond acceptors (Lipinski definition) is 3. The highest BCUT2D eigenvalue weighted by Crippen LogP contribution is 1.98. The van der Waals surface area contributed by atoms with E-state index in [0.29, 0.717) is 6.67 Å². The summed E-state index contributed by atoms with van der Waals surface area (Å²) in [7, 11) is 0. The first kappa shape index (κ1) is 6.86. The van der Waals surface area contributed by atoms with Crippen LogP contribution in [0.4, 0.5) is 0 Å². The van der Waals surface area contributed by atoms with Crippen molar-refractivity contribution < 1.29 is 0 Å². The summed E-state index contributed by atoms with van der Waals surface area (Å²) < 4.78 is 0. The van der Waals surface area contributed by atoms with Gasteiger partial charge >= 0.3 is 0 Å². The molecule has 1 aliphatic heterocycles. The molecule has 0 radical (unpaired) electrons. The lowest BCUT2D eigenvalue weighted by molar-refractivity contribution is 0.797. The SMILES string of the molecule is NC=CCC1=CC=NCN1. The molecule has 10 heavy (non-hydrogen) atoms. The molecule has 3 N–H and O–H groups in total. The van der Waals surface area contributed by atoms with Crippen molar-refractivity contribution in [2.24, 2.45) is 10.7 Å². The molecule has 0 saturated carbocycles. The number of nitrogens with zero attached hydrogens (tertiary/aromatic N) is 1. The summed E-state index contributed by atoms with van der Waals surface area (Å²) >= 11 is 0. The molecule has 1 heterocycles. The second-order valence-corrected chi connectivity index (χ2v) is 1.99. The van der Waals surface area contributed by atoms with Crippen LogP contribution in [-0.4, -0.2) is 12.9 Å². The van der Waals surface area contributed by atoms with Gasteiger partial charge in [0.15, 0.2) is 0 Å². The van der Waals surface area contributed by atoms with Crippen molar-refractivity contribution >= 4 is 6.21 Å². The zero-order valence-corrected chi connectivity index (χ0v) is 5.75. The number of aliphatic imine (C=N–C) groups is 1. The van der Waals surface area contributed by atoms with E-state index in [0.717, 1.165) is 12.1 Å². The quantitative estimate of drug-likeness (QED) is 0.577. The molecule has 0 fully saturated rings. The average molecular weight is 137 g/mol. The third kappa shape index (κ3) is 1.93. The van der Waals surface area contributed by atoms with E-state index < -0.39 is 0 Å². The molecule has 0 aromatic rings. The molecule has 1 rings (SSSR count). The highest BCUT2D eigenvalue weighted by Gasteiger charge is 1.93. The van der Waals surface area contributed by atoms with Crippen molar-refractivity contribution in [2.75, 3.05) is 6.67 Å². The van der Waals surface area contributed by atoms with Crippen molar-refractivity contribution in [3.05, 3.63) is 24.0 Å². The monoisotopic (exact) mass is 137 g/mol. The van der Waals surface area contributed by atoms with Gasteiger partial charge in [0.05, 0.1) is 0 Å². The summed E-state index contributed by atoms with van der Waals surface area (Å²) in [6, 6.07) is 0. The minimum Gasteiger partial charge on any atom is -0.405 e. The molecule has 0 spiro atoms. The molecule has 0 unspecified atom stereocenters. The Morgan fingerprint density at radius 3 is 3.30 bits per heavy atom. The van der Waals surface area contributed by atoms with E-state index in [1.165, 1.54) is 0 Å². The molecule has 0 aliphatic carbocycles. The Kier molecular flexibility index (Phi) is 2.55. The maximum Gasteiger partial charge on any atom is 0.107 e. The van der Waals surface area contributed by atoms with Gasteiger partial charge in [0, 0.05) is 18.3 Å². The zero-order chi connectivity index (χ0) is 7.23. The summed E-state index contributed by atoms with van der Waals surface area (Å²) in [6.45, 7) is 0.685. The van der Waals surface area contributed by atoms with Gasteiger partial charge in [-0.2, -0.15) is 0 Å². The second-order valence-electron chi connectivity index (χ2n) is 1.99. The Labute approximate surface area is 60.3 Å². The van der Waals surface area contributed by atoms with Gasteiger partial charge in [0.1, 0.15) is 6.67 Å². The van der Waals surface area contributed by atoms with E-state index in [2.05, 4.69) is 10.3 Å². The summed E-state index contributed by atoms with van der Waals surface area (Å²) in [4.78, 5) is 3.97. The van der Waals surface area contributed by atoms with Crippen LogP contribution in [0.25, 0.3) is 0 Å². The second kappa shape index (κ2) is 3.71. The lowest BCUT2D eigenvalue weighted by Gasteiger charge is -2.08. The fourth-order valence-corrected chi connectivity index (χ4v) is 0.737. The Morgan fingerprint density at radius 1 is 1.80 bits per heavy atom. The van der Waals surface area contributed by atoms with Crippen LogP contribution in [0.1, 0.15) is 6.42 Å². The third-order valence-electron chi connectivity index (χ3n) is 1.25. The van der Waals surface area contributed by atoms with Crippen molar-refractivity contribution in [1.29, 1.82) is 0 Å². The van der Waals surface area contributed by atoms with Crippen LogP contribution >= 0.6 is 0 Å². The van der Waals surface area contributed by atoms with Crippen LogP contribution in [0.15, 0.2) is 29.0 Å². The lowest BCUT2D eigenvalue weighted by Crippen LogP contribution is -2.16. The van der Waals surface area contributed by atoms with Gasteiger partial charge in [0.25, 0.3) is 0 Å². The number of rotatable bonds is 2. The highest BCUT2D eigenvalue weighted by atomic mass is 15.0. The lowest BCUT2D eigenvalue weighted by atomic mass is 10.3. The minimum absolute atomic E-state index is 0.685. The summed E-state index contributed by atoms with van der Waals surface area (Å²) in [5.41, 5.74) is 6.34. The zero-order valence-electron chi connectivity index (χ0n) is 5.75. The first-order valence-electron chi connectivity index (χ1n) is 3.23. The van der Waals surface area contributed by atoms with Gasteiger partial charge in [-0.15, -0.1) is 0 Å². The summed E-state index contributed by atoms with van der Waals surface area (Å²) in [6.07, 6.45) is 8.06. The predicted octanol–water partition coefficient (Wildman–Crippen LogP) is 0.364. The van der Waals surface area contributed by atoms with Gasteiger partial charge in [0.2, 0.25) is 0 Å². The number of nitrogens with two attached hydrogens (primary N) is 1. The summed E-state index contributed by atoms with van der Waals surface area (Å²) in [5, 5.41) is 3.11. The normalized spacial score (nSPS) is 17.0. The molecular weight excluding hydrogens is 126 g/mol. The van der Waals surface area contributed by atoms with Gasteiger partial charge in [-0.1, -0.05) is 6.08 Å². The molecule has 0 saturated heterocycles. The van der Waals surface area contributed by atoms with Crippen LogP contribution in [0.2, 0.25) is 0 Å². The maximum atomic E-state index is 5.18. The first-order valence-corrected chi connectivity index (χ1v) is 3.23. The fraction of sp³-hybridized carbons (Fsp3) is 0.286. The molecule has 0 aromatic carbocycles. The van der Waals surface area contributed by atoms with Crippen molar-refractivity contribution in [2.45, 2.75) is 6.42 Å². The largest absolute Gasteiger partial charge is 0.405 e. The molecular formula is C7H11N3. The standard InChI is InChI=1S/C7H11N3/c8-4-1-2-7-3-5-9-6-10-7/h1,3-5,10H,2,6,8H2. The van der Waals surface area contributed by atoms with Crippen LogP contribution < -0.4 is 11.1 Å². The van der Waals surface area contributed by atoms with Gasteiger partial charge in [-0.25, -0.2) is 0 Å². The fourth-order valence-electron chi connectivity index (χ4n) is 0.737. The van der Waals surface area contributed by atoms with Crippen LogP contribution in [0.3, 0.4) is 0 Å². The molecule has 3 heteroatoms. The smallest absolute Gasteiger partial charge is 0.107 e. The molecule has 0 amide bonds. The van der Waals surface area contributed by atoms with E-state index in [9.17, 15) is 0 Å². The van der Waals surface area contributed by atoms with E-state index in [1.54, 1.807) is 12.4 Å². The highest BCUT2D eigenvalue weighted by molar-refractivity contribution is 5.72. The van der Waals surface area contributed by atoms with Crippen LogP contribution in [-0.2, 0) is 0 Å². The molecule has 1 aliphatic rings. The molecule has 3 nitrogen and oxygen atoms in total. The molecule has 0 aromatic heterocycles. The maximum absolute atomic E-state index is 5.18. The third-order valence-corrected chi connectivity index (χ3v) is 1.25. The average Bonchev–Trinajstić information content (AvgIpc) is 2.03. The van der Waals surface area contributed by atoms with Gasteiger partial charge < -0.3 is 11.1 Å². The number of allylic oxidation sites excluding steroid dienone is 2. The minimum atomic E-state index is 0.685. The van der Waals surface area contributed by atoms with E-state index in [1.807, 2.05) is 12.2 Å². The Morgan fingerprint density at radius 2 is 2.70 bits per heavy atom. The van der Waals surface area contributed by atoms with Crippen LogP contribution in [0.5, 0.6) is 0 Å². The van der Waals surface area contributed by atoms with E-state index >= 15 is 0 Å². The number of nitrogens with one attached hydrogen (secondary N) is 1. The van der Waals surface area contributed by atoms with Crippen molar-refractivity contribution in [3.63, 3.8) is 0 Å². The van der Waals surface area contributed by atoms with Crippen molar-refractivity contribution in [1.82, 2.24) is 5.32 Å². The number of hydrogen-bond donors (Lipinski definition) is 2. The summed E-state index contributed by atoms with van der Waals surface area (Å²) in [5.74, 6) is 0. The van der Waals surface area contributed by atoms with E-state index in [4.69, 9.17) is 5.73 Å². The predicted molar refractivity (Wildman–Crippen MR) is 42.5 cm³/mol. The van der Waals surface area contributed by atoms with E-state index in [-0.39, 0.29) is 0 Å². The first-order chi connectivity index (χ1) is 4.93. The van der Waals surface area contributed by atoms with Crippen LogP contribution in [0, 0.1) is 0 Å². The molecule has 0 bridgehead atoms.